The molecule has 1 aromatic carbocycles. The molecular weight excluding hydrogens is 314 g/mol. The third-order valence-electron chi connectivity index (χ3n) is 3.53. The number of anilines is 2. The van der Waals surface area contributed by atoms with Crippen molar-refractivity contribution < 1.29 is 9.53 Å². The Labute approximate surface area is 150 Å². The highest BCUT2D eigenvalue weighted by atomic mass is 16.6. The summed E-state index contributed by atoms with van der Waals surface area (Å²) in [5.41, 5.74) is 1.72. The van der Waals surface area contributed by atoms with Crippen LogP contribution in [0.2, 0.25) is 0 Å². The van der Waals surface area contributed by atoms with Crippen LogP contribution in [0.1, 0.15) is 40.2 Å². The number of carbonyl (C=O) groups is 1. The number of nitrogens with zero attached hydrogens (tertiary/aromatic N) is 2. The summed E-state index contributed by atoms with van der Waals surface area (Å²) in [6.07, 6.45) is 1.27. The van der Waals surface area contributed by atoms with Gasteiger partial charge in [-0.3, -0.25) is 5.32 Å². The molecule has 5 nitrogen and oxygen atoms in total. The van der Waals surface area contributed by atoms with Gasteiger partial charge in [-0.05, 0) is 52.3 Å². The number of nitrogens with one attached hydrogen (secondary N) is 1. The number of aromatic nitrogens is 1. The lowest BCUT2D eigenvalue weighted by molar-refractivity contribution is 0.0635. The maximum absolute atomic E-state index is 11.8. The van der Waals surface area contributed by atoms with Gasteiger partial charge in [0.25, 0.3) is 0 Å². The first-order valence-electron chi connectivity index (χ1n) is 8.51. The van der Waals surface area contributed by atoms with Crippen molar-refractivity contribution in [3.63, 3.8) is 0 Å². The van der Waals surface area contributed by atoms with E-state index in [1.807, 2.05) is 45.0 Å². The zero-order chi connectivity index (χ0) is 18.4. The minimum Gasteiger partial charge on any atom is -0.444 e. The van der Waals surface area contributed by atoms with Gasteiger partial charge in [0, 0.05) is 12.6 Å². The Morgan fingerprint density at radius 3 is 2.36 bits per heavy atom. The van der Waals surface area contributed by atoms with E-state index in [2.05, 4.69) is 41.2 Å². The van der Waals surface area contributed by atoms with Crippen LogP contribution in [-0.4, -0.2) is 22.7 Å². The fourth-order valence-electron chi connectivity index (χ4n) is 2.39. The molecule has 1 amide bonds. The van der Waals surface area contributed by atoms with Crippen molar-refractivity contribution >= 4 is 17.6 Å². The van der Waals surface area contributed by atoms with E-state index in [9.17, 15) is 4.79 Å². The number of carbonyl (C=O) groups excluding carboxylic acids is 1. The van der Waals surface area contributed by atoms with E-state index in [0.29, 0.717) is 11.9 Å². The molecule has 0 aliphatic heterocycles. The first-order chi connectivity index (χ1) is 11.7. The van der Waals surface area contributed by atoms with Gasteiger partial charge in [0.15, 0.2) is 0 Å². The number of hydrogen-bond donors (Lipinski definition) is 1. The van der Waals surface area contributed by atoms with Crippen molar-refractivity contribution in [3.05, 3.63) is 54.2 Å². The van der Waals surface area contributed by atoms with Crippen molar-refractivity contribution in [1.29, 1.82) is 0 Å². The van der Waals surface area contributed by atoms with Gasteiger partial charge in [-0.15, -0.1) is 0 Å². The van der Waals surface area contributed by atoms with Gasteiger partial charge in [0.2, 0.25) is 0 Å². The second-order valence-corrected chi connectivity index (χ2v) is 7.24. The Morgan fingerprint density at radius 2 is 1.84 bits per heavy atom. The summed E-state index contributed by atoms with van der Waals surface area (Å²) in [6, 6.07) is 14.4. The molecule has 5 heteroatoms. The van der Waals surface area contributed by atoms with Gasteiger partial charge in [0.1, 0.15) is 11.4 Å². The van der Waals surface area contributed by atoms with Crippen LogP contribution in [0.25, 0.3) is 0 Å². The third-order valence-corrected chi connectivity index (χ3v) is 3.53. The summed E-state index contributed by atoms with van der Waals surface area (Å²) in [7, 11) is 0. The fourth-order valence-corrected chi connectivity index (χ4v) is 2.39. The number of amides is 1. The van der Waals surface area contributed by atoms with Gasteiger partial charge in [-0.25, -0.2) is 9.78 Å². The van der Waals surface area contributed by atoms with E-state index in [0.717, 1.165) is 12.2 Å². The monoisotopic (exact) mass is 341 g/mol. The van der Waals surface area contributed by atoms with Crippen LogP contribution in [0.15, 0.2) is 48.7 Å². The Kier molecular flexibility index (Phi) is 6.02. The average Bonchev–Trinajstić information content (AvgIpc) is 2.52. The Bertz CT molecular complexity index is 676. The highest BCUT2D eigenvalue weighted by Gasteiger charge is 2.17. The standard InChI is InChI=1S/C20H27N3O2/c1-15(2)23(14-16-9-7-6-8-10-16)17-11-12-18(21-13-17)22-19(24)25-20(3,4)5/h6-13,15H,14H2,1-5H3,(H,21,22,24). The van der Waals surface area contributed by atoms with Crippen LogP contribution in [0.5, 0.6) is 0 Å². The lowest BCUT2D eigenvalue weighted by Gasteiger charge is -2.29. The largest absolute Gasteiger partial charge is 0.444 e. The van der Waals surface area contributed by atoms with Crippen molar-refractivity contribution in [2.75, 3.05) is 10.2 Å². The van der Waals surface area contributed by atoms with E-state index in [4.69, 9.17) is 4.74 Å². The van der Waals surface area contributed by atoms with Gasteiger partial charge < -0.3 is 9.64 Å². The first-order valence-corrected chi connectivity index (χ1v) is 8.51. The molecule has 0 bridgehead atoms. The predicted octanol–water partition coefficient (Wildman–Crippen LogP) is 4.84. The van der Waals surface area contributed by atoms with E-state index in [1.165, 1.54) is 5.56 Å². The topological polar surface area (TPSA) is 54.5 Å². The summed E-state index contributed by atoms with van der Waals surface area (Å²) in [6.45, 7) is 10.6. The number of hydrogen-bond acceptors (Lipinski definition) is 4. The second-order valence-electron chi connectivity index (χ2n) is 7.24. The molecular formula is C20H27N3O2. The summed E-state index contributed by atoms with van der Waals surface area (Å²) >= 11 is 0. The molecule has 0 radical (unpaired) electrons. The van der Waals surface area contributed by atoms with Crippen LogP contribution in [0.3, 0.4) is 0 Å². The number of benzene rings is 1. The van der Waals surface area contributed by atoms with Gasteiger partial charge >= 0.3 is 6.09 Å². The van der Waals surface area contributed by atoms with Crippen molar-refractivity contribution in [2.45, 2.75) is 52.8 Å². The van der Waals surface area contributed by atoms with Crippen LogP contribution >= 0.6 is 0 Å². The van der Waals surface area contributed by atoms with Crippen molar-refractivity contribution in [2.24, 2.45) is 0 Å². The molecule has 0 aliphatic carbocycles. The van der Waals surface area contributed by atoms with Gasteiger partial charge in [-0.2, -0.15) is 0 Å². The van der Waals surface area contributed by atoms with Crippen LogP contribution in [0, 0.1) is 0 Å². The maximum Gasteiger partial charge on any atom is 0.413 e. The quantitative estimate of drug-likeness (QED) is 0.845. The lowest BCUT2D eigenvalue weighted by Crippen LogP contribution is -2.30. The molecule has 0 atom stereocenters. The zero-order valence-corrected chi connectivity index (χ0v) is 15.6. The Hall–Kier alpha value is -2.56. The molecule has 134 valence electrons. The van der Waals surface area contributed by atoms with Crippen LogP contribution in [-0.2, 0) is 11.3 Å². The number of ether oxygens (including phenoxy) is 1. The van der Waals surface area contributed by atoms with E-state index < -0.39 is 11.7 Å². The smallest absolute Gasteiger partial charge is 0.413 e. The summed E-state index contributed by atoms with van der Waals surface area (Å²) in [4.78, 5) is 18.4. The lowest BCUT2D eigenvalue weighted by atomic mass is 10.1. The van der Waals surface area contributed by atoms with Crippen molar-refractivity contribution in [3.8, 4) is 0 Å². The van der Waals surface area contributed by atoms with Gasteiger partial charge in [-0.1, -0.05) is 30.3 Å². The molecule has 2 rings (SSSR count). The molecule has 0 aliphatic rings. The SMILES string of the molecule is CC(C)N(Cc1ccccc1)c1ccc(NC(=O)OC(C)(C)C)nc1. The summed E-state index contributed by atoms with van der Waals surface area (Å²) < 4.78 is 5.24. The Balaban J connectivity index is 2.07. The van der Waals surface area contributed by atoms with Crippen LogP contribution in [0.4, 0.5) is 16.3 Å². The third kappa shape index (κ3) is 6.10. The highest BCUT2D eigenvalue weighted by Crippen LogP contribution is 2.21. The van der Waals surface area contributed by atoms with E-state index in [-0.39, 0.29) is 0 Å². The number of rotatable bonds is 5. The summed E-state index contributed by atoms with van der Waals surface area (Å²) in [5, 5.41) is 2.65. The molecule has 25 heavy (non-hydrogen) atoms. The molecule has 0 spiro atoms. The highest BCUT2D eigenvalue weighted by molar-refractivity contribution is 5.83. The predicted molar refractivity (Wildman–Crippen MR) is 102 cm³/mol. The molecule has 0 fully saturated rings. The Morgan fingerprint density at radius 1 is 1.16 bits per heavy atom. The molecule has 0 saturated heterocycles. The molecule has 0 saturated carbocycles. The number of pyridine rings is 1. The molecule has 1 aromatic heterocycles. The maximum atomic E-state index is 11.8. The zero-order valence-electron chi connectivity index (χ0n) is 15.6. The minimum atomic E-state index is -0.534. The first kappa shape index (κ1) is 18.8. The van der Waals surface area contributed by atoms with E-state index in [1.54, 1.807) is 12.3 Å². The normalized spacial score (nSPS) is 11.3. The molecule has 0 unspecified atom stereocenters. The van der Waals surface area contributed by atoms with E-state index >= 15 is 0 Å². The van der Waals surface area contributed by atoms with Crippen LogP contribution < -0.4 is 10.2 Å². The second kappa shape index (κ2) is 8.01. The molecule has 1 heterocycles. The molecule has 1 N–H and O–H groups in total. The fraction of sp³-hybridized carbons (Fsp3) is 0.400. The van der Waals surface area contributed by atoms with Gasteiger partial charge in [0.05, 0.1) is 11.9 Å². The minimum absolute atomic E-state index is 0.326. The van der Waals surface area contributed by atoms with Crippen molar-refractivity contribution in [1.82, 2.24) is 4.98 Å². The summed E-state index contributed by atoms with van der Waals surface area (Å²) in [5.74, 6) is 0.474. The molecule has 2 aromatic rings. The average molecular weight is 341 g/mol.